The molecule has 1 fully saturated rings. The molecule has 1 aliphatic rings. The second-order valence-corrected chi connectivity index (χ2v) is 7.69. The van der Waals surface area contributed by atoms with Crippen LogP contribution >= 0.6 is 11.6 Å². The summed E-state index contributed by atoms with van der Waals surface area (Å²) < 4.78 is 29.4. The van der Waals surface area contributed by atoms with Gasteiger partial charge < -0.3 is 4.57 Å². The monoisotopic (exact) mass is 340 g/mol. The van der Waals surface area contributed by atoms with Crippen LogP contribution in [0.4, 0.5) is 0 Å². The van der Waals surface area contributed by atoms with Gasteiger partial charge in [-0.2, -0.15) is 4.31 Å². The second kappa shape index (κ2) is 5.64. The van der Waals surface area contributed by atoms with Crippen LogP contribution in [-0.2, 0) is 17.1 Å². The van der Waals surface area contributed by atoms with Gasteiger partial charge in [0.25, 0.3) is 0 Å². The predicted molar refractivity (Wildman–Crippen MR) is 83.1 cm³/mol. The lowest BCUT2D eigenvalue weighted by molar-refractivity contribution is 0.376. The lowest BCUT2D eigenvalue weighted by Gasteiger charge is -2.24. The Morgan fingerprint density at radius 3 is 2.77 bits per heavy atom. The van der Waals surface area contributed by atoms with E-state index in [1.54, 1.807) is 36.0 Å². The normalized spacial score (nSPS) is 19.7. The standard InChI is InChI=1S/C14H17ClN4O2S/c1-10-5-3-6-11(15)13(10)22(20,21)19-8-4-7-12(19)14-17-16-9-18(14)2/h3,5-6,9,12H,4,7-8H2,1-2H3. The number of benzene rings is 1. The maximum Gasteiger partial charge on any atom is 0.245 e. The minimum Gasteiger partial charge on any atom is -0.319 e. The minimum absolute atomic E-state index is 0.186. The van der Waals surface area contributed by atoms with Gasteiger partial charge in [0, 0.05) is 13.6 Å². The van der Waals surface area contributed by atoms with Crippen molar-refractivity contribution < 1.29 is 8.42 Å². The van der Waals surface area contributed by atoms with Crippen LogP contribution in [0.15, 0.2) is 29.4 Å². The Hall–Kier alpha value is -1.44. The van der Waals surface area contributed by atoms with E-state index in [4.69, 9.17) is 11.6 Å². The maximum absolute atomic E-state index is 13.1. The average Bonchev–Trinajstić information content (AvgIpc) is 3.06. The molecule has 1 aliphatic heterocycles. The molecule has 1 saturated heterocycles. The molecule has 0 bridgehead atoms. The average molecular weight is 341 g/mol. The smallest absolute Gasteiger partial charge is 0.245 e. The zero-order valence-electron chi connectivity index (χ0n) is 12.4. The molecule has 2 heterocycles. The van der Waals surface area contributed by atoms with Crippen LogP contribution in [0.5, 0.6) is 0 Å². The van der Waals surface area contributed by atoms with Gasteiger partial charge in [0.05, 0.1) is 11.1 Å². The highest BCUT2D eigenvalue weighted by atomic mass is 35.5. The van der Waals surface area contributed by atoms with E-state index in [1.165, 1.54) is 4.31 Å². The Morgan fingerprint density at radius 1 is 1.36 bits per heavy atom. The third kappa shape index (κ3) is 2.43. The molecular weight excluding hydrogens is 324 g/mol. The van der Waals surface area contributed by atoms with Crippen LogP contribution in [0.2, 0.25) is 5.02 Å². The lowest BCUT2D eigenvalue weighted by atomic mass is 10.2. The van der Waals surface area contributed by atoms with Gasteiger partial charge in [-0.1, -0.05) is 23.7 Å². The Bertz CT molecular complexity index is 783. The first-order valence-electron chi connectivity index (χ1n) is 7.04. The van der Waals surface area contributed by atoms with E-state index in [1.807, 2.05) is 7.05 Å². The van der Waals surface area contributed by atoms with Gasteiger partial charge in [-0.25, -0.2) is 8.42 Å². The molecule has 1 atom stereocenters. The molecule has 0 spiro atoms. The van der Waals surface area contributed by atoms with Crippen molar-refractivity contribution in [2.75, 3.05) is 6.54 Å². The largest absolute Gasteiger partial charge is 0.319 e. The summed E-state index contributed by atoms with van der Waals surface area (Å²) >= 11 is 6.16. The number of hydrogen-bond donors (Lipinski definition) is 0. The minimum atomic E-state index is -3.67. The van der Waals surface area contributed by atoms with E-state index in [-0.39, 0.29) is 16.0 Å². The van der Waals surface area contributed by atoms with Crippen LogP contribution in [-0.4, -0.2) is 34.0 Å². The predicted octanol–water partition coefficient (Wildman–Crippen LogP) is 2.30. The number of halogens is 1. The quantitative estimate of drug-likeness (QED) is 0.859. The van der Waals surface area contributed by atoms with Gasteiger partial charge in [0.15, 0.2) is 5.82 Å². The van der Waals surface area contributed by atoms with Crippen molar-refractivity contribution in [3.63, 3.8) is 0 Å². The van der Waals surface area contributed by atoms with Crippen molar-refractivity contribution in [2.45, 2.75) is 30.7 Å². The van der Waals surface area contributed by atoms with Crippen molar-refractivity contribution in [3.05, 3.63) is 40.9 Å². The van der Waals surface area contributed by atoms with Gasteiger partial charge in [-0.3, -0.25) is 0 Å². The summed E-state index contributed by atoms with van der Waals surface area (Å²) in [5.41, 5.74) is 0.649. The molecule has 0 N–H and O–H groups in total. The van der Waals surface area contributed by atoms with Gasteiger partial charge in [-0.15, -0.1) is 10.2 Å². The zero-order chi connectivity index (χ0) is 15.9. The molecule has 0 radical (unpaired) electrons. The van der Waals surface area contributed by atoms with E-state index in [0.29, 0.717) is 17.9 Å². The van der Waals surface area contributed by atoms with Gasteiger partial charge in [0.1, 0.15) is 11.2 Å². The second-order valence-electron chi connectivity index (χ2n) is 5.46. The summed E-state index contributed by atoms with van der Waals surface area (Å²) in [5.74, 6) is 0.658. The van der Waals surface area contributed by atoms with E-state index in [9.17, 15) is 8.42 Å². The molecule has 0 aliphatic carbocycles. The Morgan fingerprint density at radius 2 is 2.14 bits per heavy atom. The number of hydrogen-bond acceptors (Lipinski definition) is 4. The van der Waals surface area contributed by atoms with Crippen molar-refractivity contribution in [1.82, 2.24) is 19.1 Å². The van der Waals surface area contributed by atoms with Crippen LogP contribution in [0, 0.1) is 6.92 Å². The van der Waals surface area contributed by atoms with Gasteiger partial charge in [-0.05, 0) is 31.4 Å². The first-order chi connectivity index (χ1) is 10.4. The fourth-order valence-corrected chi connectivity index (χ4v) is 5.38. The number of rotatable bonds is 3. The molecular formula is C14H17ClN4O2S. The third-order valence-corrected chi connectivity index (χ3v) is 6.52. The Kier molecular flexibility index (Phi) is 3.96. The first kappa shape index (κ1) is 15.5. The molecule has 22 heavy (non-hydrogen) atoms. The SMILES string of the molecule is Cc1cccc(Cl)c1S(=O)(=O)N1CCCC1c1nncn1C. The van der Waals surface area contributed by atoms with E-state index < -0.39 is 10.0 Å². The van der Waals surface area contributed by atoms with Gasteiger partial charge >= 0.3 is 0 Å². The molecule has 8 heteroatoms. The highest BCUT2D eigenvalue weighted by Crippen LogP contribution is 2.38. The summed E-state index contributed by atoms with van der Waals surface area (Å²) in [6.45, 7) is 2.22. The van der Waals surface area contributed by atoms with E-state index >= 15 is 0 Å². The van der Waals surface area contributed by atoms with Crippen molar-refractivity contribution in [3.8, 4) is 0 Å². The lowest BCUT2D eigenvalue weighted by Crippen LogP contribution is -2.32. The van der Waals surface area contributed by atoms with Crippen molar-refractivity contribution >= 4 is 21.6 Å². The number of sulfonamides is 1. The summed E-state index contributed by atoms with van der Waals surface area (Å²) in [5, 5.41) is 8.18. The molecule has 2 aromatic rings. The molecule has 1 aromatic heterocycles. The molecule has 0 saturated carbocycles. The van der Waals surface area contributed by atoms with Gasteiger partial charge in [0.2, 0.25) is 10.0 Å². The topological polar surface area (TPSA) is 68.1 Å². The summed E-state index contributed by atoms with van der Waals surface area (Å²) in [6, 6.07) is 4.81. The highest BCUT2D eigenvalue weighted by Gasteiger charge is 2.39. The molecule has 0 amide bonds. The van der Waals surface area contributed by atoms with Crippen LogP contribution in [0.25, 0.3) is 0 Å². The zero-order valence-corrected chi connectivity index (χ0v) is 14.0. The molecule has 1 unspecified atom stereocenters. The highest BCUT2D eigenvalue weighted by molar-refractivity contribution is 7.89. The molecule has 3 rings (SSSR count). The van der Waals surface area contributed by atoms with Crippen LogP contribution in [0.1, 0.15) is 30.3 Å². The molecule has 1 aromatic carbocycles. The number of aryl methyl sites for hydroxylation is 2. The van der Waals surface area contributed by atoms with E-state index in [2.05, 4.69) is 10.2 Å². The molecule has 6 nitrogen and oxygen atoms in total. The maximum atomic E-state index is 13.1. The van der Waals surface area contributed by atoms with Crippen molar-refractivity contribution in [1.29, 1.82) is 0 Å². The fraction of sp³-hybridized carbons (Fsp3) is 0.429. The summed E-state index contributed by atoms with van der Waals surface area (Å²) in [7, 11) is -1.85. The fourth-order valence-electron chi connectivity index (χ4n) is 2.94. The van der Waals surface area contributed by atoms with Crippen LogP contribution < -0.4 is 0 Å². The first-order valence-corrected chi connectivity index (χ1v) is 8.85. The Labute approximate surface area is 134 Å². The molecule has 118 valence electrons. The van der Waals surface area contributed by atoms with Crippen LogP contribution in [0.3, 0.4) is 0 Å². The third-order valence-electron chi connectivity index (χ3n) is 3.98. The summed E-state index contributed by atoms with van der Waals surface area (Å²) in [4.78, 5) is 0.186. The van der Waals surface area contributed by atoms with E-state index in [0.717, 1.165) is 12.8 Å². The number of nitrogens with zero attached hydrogens (tertiary/aromatic N) is 4. The Balaban J connectivity index is 2.07. The van der Waals surface area contributed by atoms with Crippen molar-refractivity contribution in [2.24, 2.45) is 7.05 Å². The number of aromatic nitrogens is 3. The summed E-state index contributed by atoms with van der Waals surface area (Å²) in [6.07, 6.45) is 3.11.